The number of carbonyl (C=O) groups excluding carboxylic acids is 1. The van der Waals surface area contributed by atoms with E-state index in [1.165, 1.54) is 4.90 Å². The summed E-state index contributed by atoms with van der Waals surface area (Å²) in [6.45, 7) is 7.34. The van der Waals surface area contributed by atoms with Crippen molar-refractivity contribution in [3.05, 3.63) is 23.8 Å². The second-order valence-corrected chi connectivity index (χ2v) is 9.90. The van der Waals surface area contributed by atoms with E-state index >= 15 is 0 Å². The largest absolute Gasteiger partial charge is 0.497 e. The maximum Gasteiger partial charge on any atom is 0.411 e. The topological polar surface area (TPSA) is 109 Å². The Labute approximate surface area is 195 Å². The van der Waals surface area contributed by atoms with Gasteiger partial charge < -0.3 is 19.3 Å². The summed E-state index contributed by atoms with van der Waals surface area (Å²) in [5.74, 6) is 0.359. The van der Waals surface area contributed by atoms with Crippen LogP contribution in [0.5, 0.6) is 11.5 Å². The molecule has 8 heteroatoms. The molecule has 8 nitrogen and oxygen atoms in total. The summed E-state index contributed by atoms with van der Waals surface area (Å²) in [6.07, 6.45) is 2.57. The number of nitriles is 1. The number of hydrogen-bond acceptors (Lipinski definition) is 6. The summed E-state index contributed by atoms with van der Waals surface area (Å²) < 4.78 is 17.1. The van der Waals surface area contributed by atoms with Crippen LogP contribution in [0.2, 0.25) is 0 Å². The molecule has 1 amide bonds. The fraction of sp³-hybridized carbons (Fsp3) is 0.640. The minimum Gasteiger partial charge on any atom is -0.497 e. The van der Waals surface area contributed by atoms with Gasteiger partial charge >= 0.3 is 12.1 Å². The number of benzene rings is 1. The van der Waals surface area contributed by atoms with Crippen molar-refractivity contribution < 1.29 is 28.9 Å². The Balaban J connectivity index is 1.80. The van der Waals surface area contributed by atoms with E-state index in [9.17, 15) is 20.0 Å². The molecule has 1 aliphatic carbocycles. The second-order valence-electron chi connectivity index (χ2n) is 9.90. The van der Waals surface area contributed by atoms with Gasteiger partial charge in [-0.15, -0.1) is 0 Å². The monoisotopic (exact) mass is 458 g/mol. The van der Waals surface area contributed by atoms with E-state index in [2.05, 4.69) is 6.07 Å². The number of carboxylic acid groups (broad SMARTS) is 1. The van der Waals surface area contributed by atoms with E-state index in [4.69, 9.17) is 14.2 Å². The number of hydrogen-bond donors (Lipinski definition) is 1. The normalized spacial score (nSPS) is 27.2. The average molecular weight is 459 g/mol. The molecule has 0 bridgehead atoms. The highest BCUT2D eigenvalue weighted by Crippen LogP contribution is 2.45. The zero-order chi connectivity index (χ0) is 24.3. The zero-order valence-corrected chi connectivity index (χ0v) is 20.0. The summed E-state index contributed by atoms with van der Waals surface area (Å²) in [5, 5.41) is 19.4. The van der Waals surface area contributed by atoms with Crippen LogP contribution in [0.25, 0.3) is 0 Å². The summed E-state index contributed by atoms with van der Waals surface area (Å²) >= 11 is 0. The van der Waals surface area contributed by atoms with E-state index in [0.29, 0.717) is 36.3 Å². The molecule has 0 radical (unpaired) electrons. The number of piperidine rings is 1. The highest BCUT2D eigenvalue weighted by molar-refractivity contribution is 5.81. The van der Waals surface area contributed by atoms with E-state index < -0.39 is 23.7 Å². The number of carboxylic acids is 1. The maximum atomic E-state index is 13.0. The Kier molecular flexibility index (Phi) is 7.41. The number of carbonyl (C=O) groups is 2. The van der Waals surface area contributed by atoms with Gasteiger partial charge in [-0.3, -0.25) is 4.90 Å². The van der Waals surface area contributed by atoms with Crippen molar-refractivity contribution in [1.82, 2.24) is 4.90 Å². The van der Waals surface area contributed by atoms with Crippen LogP contribution in [0.1, 0.15) is 65.4 Å². The molecule has 2 aliphatic rings. The Morgan fingerprint density at radius 2 is 1.97 bits per heavy atom. The molecule has 0 spiro atoms. The number of aliphatic carboxylic acids is 1. The predicted molar refractivity (Wildman–Crippen MR) is 121 cm³/mol. The standard InChI is InChI=1S/C25H34N2O6/c1-6-20-19-10-9-18(32-22-13-17(31-5)8-7-15(22)14-26)11-16(19)12-21(23(28)29)27(20)24(30)33-25(2,3)4/h7-8,13,16,18-21H,6,9-12H2,1-5H3,(H,28,29)/t16-,18+,19-,20?,21+/m1/s1. The van der Waals surface area contributed by atoms with Crippen LogP contribution >= 0.6 is 0 Å². The quantitative estimate of drug-likeness (QED) is 0.686. The molecular formula is C25H34N2O6. The molecule has 3 rings (SSSR count). The summed E-state index contributed by atoms with van der Waals surface area (Å²) in [7, 11) is 1.56. The van der Waals surface area contributed by atoms with Gasteiger partial charge in [-0.2, -0.15) is 5.26 Å². The lowest BCUT2D eigenvalue weighted by atomic mass is 9.67. The molecule has 1 unspecified atom stereocenters. The predicted octanol–water partition coefficient (Wildman–Crippen LogP) is 4.60. The molecule has 33 heavy (non-hydrogen) atoms. The van der Waals surface area contributed by atoms with E-state index in [1.54, 1.807) is 46.1 Å². The van der Waals surface area contributed by atoms with Crippen LogP contribution in [0.4, 0.5) is 4.79 Å². The lowest BCUT2D eigenvalue weighted by Gasteiger charge is -2.51. The van der Waals surface area contributed by atoms with Gasteiger partial charge in [0.15, 0.2) is 0 Å². The van der Waals surface area contributed by atoms with Crippen LogP contribution in [-0.4, -0.2) is 53.0 Å². The minimum atomic E-state index is -1.01. The van der Waals surface area contributed by atoms with E-state index in [-0.39, 0.29) is 24.0 Å². The van der Waals surface area contributed by atoms with Crippen LogP contribution in [0, 0.1) is 23.2 Å². The lowest BCUT2D eigenvalue weighted by molar-refractivity contribution is -0.150. The second kappa shape index (κ2) is 9.90. The highest BCUT2D eigenvalue weighted by Gasteiger charge is 2.50. The summed E-state index contributed by atoms with van der Waals surface area (Å²) in [5.41, 5.74) is -0.261. The van der Waals surface area contributed by atoms with Crippen molar-refractivity contribution in [1.29, 1.82) is 5.26 Å². The number of likely N-dealkylation sites (tertiary alicyclic amines) is 1. The molecule has 1 heterocycles. The number of fused-ring (bicyclic) bond motifs is 1. The van der Waals surface area contributed by atoms with Gasteiger partial charge in [-0.25, -0.2) is 9.59 Å². The number of amides is 1. The molecule has 1 aliphatic heterocycles. The number of rotatable bonds is 5. The highest BCUT2D eigenvalue weighted by atomic mass is 16.6. The first-order valence-corrected chi connectivity index (χ1v) is 11.6. The molecule has 2 fully saturated rings. The molecule has 1 aromatic carbocycles. The first-order chi connectivity index (χ1) is 15.6. The molecule has 5 atom stereocenters. The van der Waals surface area contributed by atoms with Crippen LogP contribution in [-0.2, 0) is 9.53 Å². The number of methoxy groups -OCH3 is 1. The number of ether oxygens (including phenoxy) is 3. The van der Waals surface area contributed by atoms with Gasteiger partial charge in [0, 0.05) is 12.1 Å². The van der Waals surface area contributed by atoms with E-state index in [0.717, 1.165) is 12.8 Å². The molecule has 1 aromatic rings. The van der Waals surface area contributed by atoms with Gasteiger partial charge in [0.2, 0.25) is 0 Å². The smallest absolute Gasteiger partial charge is 0.411 e. The van der Waals surface area contributed by atoms with Gasteiger partial charge in [0.1, 0.15) is 29.2 Å². The molecule has 1 N–H and O–H groups in total. The van der Waals surface area contributed by atoms with Crippen molar-refractivity contribution in [2.45, 2.75) is 83.6 Å². The van der Waals surface area contributed by atoms with Crippen molar-refractivity contribution in [3.8, 4) is 17.6 Å². The van der Waals surface area contributed by atoms with Crippen LogP contribution < -0.4 is 9.47 Å². The lowest BCUT2D eigenvalue weighted by Crippen LogP contribution is -2.61. The molecule has 1 saturated heterocycles. The van der Waals surface area contributed by atoms with Gasteiger partial charge in [0.25, 0.3) is 0 Å². The molecule has 180 valence electrons. The minimum absolute atomic E-state index is 0.102. The van der Waals surface area contributed by atoms with Gasteiger partial charge in [0.05, 0.1) is 18.8 Å². The Morgan fingerprint density at radius 3 is 2.55 bits per heavy atom. The Hall–Kier alpha value is -2.95. The maximum absolute atomic E-state index is 13.0. The van der Waals surface area contributed by atoms with Crippen LogP contribution in [0.3, 0.4) is 0 Å². The van der Waals surface area contributed by atoms with Crippen molar-refractivity contribution >= 4 is 12.1 Å². The SMILES string of the molecule is CCC1[C@@H]2CC[C@H](Oc3cc(OC)ccc3C#N)C[C@@H]2C[C@@H](C(=O)O)N1C(=O)OC(C)(C)C. The first-order valence-electron chi connectivity index (χ1n) is 11.6. The van der Waals surface area contributed by atoms with Crippen molar-refractivity contribution in [2.75, 3.05) is 7.11 Å². The number of nitrogens with zero attached hydrogens (tertiary/aromatic N) is 2. The molecule has 1 saturated carbocycles. The van der Waals surface area contributed by atoms with Gasteiger partial charge in [-0.1, -0.05) is 6.92 Å². The molecule has 0 aromatic heterocycles. The molecular weight excluding hydrogens is 424 g/mol. The van der Waals surface area contributed by atoms with Crippen molar-refractivity contribution in [3.63, 3.8) is 0 Å². The van der Waals surface area contributed by atoms with Crippen molar-refractivity contribution in [2.24, 2.45) is 11.8 Å². The first kappa shape index (κ1) is 24.7. The van der Waals surface area contributed by atoms with E-state index in [1.807, 2.05) is 6.92 Å². The fourth-order valence-corrected chi connectivity index (χ4v) is 5.26. The Morgan fingerprint density at radius 1 is 1.24 bits per heavy atom. The fourth-order valence-electron chi connectivity index (χ4n) is 5.26. The van der Waals surface area contributed by atoms with Gasteiger partial charge in [-0.05, 0) is 76.8 Å². The third kappa shape index (κ3) is 5.52. The Bertz CT molecular complexity index is 918. The summed E-state index contributed by atoms with van der Waals surface area (Å²) in [4.78, 5) is 26.6. The summed E-state index contributed by atoms with van der Waals surface area (Å²) in [6, 6.07) is 6.12. The van der Waals surface area contributed by atoms with Crippen LogP contribution in [0.15, 0.2) is 18.2 Å². The third-order valence-electron chi connectivity index (χ3n) is 6.62. The average Bonchev–Trinajstić information content (AvgIpc) is 2.76. The third-order valence-corrected chi connectivity index (χ3v) is 6.62. The zero-order valence-electron chi connectivity index (χ0n) is 20.0.